The summed E-state index contributed by atoms with van der Waals surface area (Å²) >= 11 is 0. The van der Waals surface area contributed by atoms with Gasteiger partial charge in [-0.3, -0.25) is 4.79 Å². The molecule has 2 fully saturated rings. The Bertz CT molecular complexity index is 317. The quantitative estimate of drug-likeness (QED) is 0.611. The number of rotatable bonds is 1. The van der Waals surface area contributed by atoms with E-state index >= 15 is 0 Å². The number of hydrogen-bond donors (Lipinski definition) is 0. The maximum Gasteiger partial charge on any atom is 0.136 e. The summed E-state index contributed by atoms with van der Waals surface area (Å²) in [6.45, 7) is 10.8. The number of ketones is 1. The third-order valence-electron chi connectivity index (χ3n) is 5.25. The molecule has 0 unspecified atom stereocenters. The van der Waals surface area contributed by atoms with Gasteiger partial charge in [0.15, 0.2) is 0 Å². The van der Waals surface area contributed by atoms with Crippen molar-refractivity contribution in [2.75, 3.05) is 0 Å². The van der Waals surface area contributed by atoms with Crippen molar-refractivity contribution >= 4 is 5.78 Å². The van der Waals surface area contributed by atoms with Crippen LogP contribution in [-0.2, 0) is 4.79 Å². The molecule has 2 aliphatic rings. The van der Waals surface area contributed by atoms with Gasteiger partial charge in [0, 0.05) is 12.3 Å². The molecule has 0 aromatic heterocycles. The largest absolute Gasteiger partial charge is 0.299 e. The topological polar surface area (TPSA) is 17.1 Å². The van der Waals surface area contributed by atoms with E-state index in [-0.39, 0.29) is 5.92 Å². The van der Waals surface area contributed by atoms with Crippen molar-refractivity contribution in [3.05, 3.63) is 12.2 Å². The highest BCUT2D eigenvalue weighted by molar-refractivity contribution is 5.82. The van der Waals surface area contributed by atoms with Crippen molar-refractivity contribution in [3.63, 3.8) is 0 Å². The van der Waals surface area contributed by atoms with Crippen LogP contribution in [0.2, 0.25) is 0 Å². The van der Waals surface area contributed by atoms with Gasteiger partial charge in [0.2, 0.25) is 0 Å². The molecule has 4 atom stereocenters. The summed E-state index contributed by atoms with van der Waals surface area (Å²) in [5.74, 6) is 2.03. The molecule has 0 heterocycles. The molecule has 0 radical (unpaired) electrons. The van der Waals surface area contributed by atoms with Gasteiger partial charge in [0.05, 0.1) is 0 Å². The Morgan fingerprint density at radius 1 is 1.44 bits per heavy atom. The van der Waals surface area contributed by atoms with E-state index in [1.165, 1.54) is 24.8 Å². The molecule has 0 bridgehead atoms. The lowest BCUT2D eigenvalue weighted by Crippen LogP contribution is -2.44. The van der Waals surface area contributed by atoms with Crippen LogP contribution in [0.1, 0.15) is 52.9 Å². The highest BCUT2D eigenvalue weighted by Crippen LogP contribution is 2.53. The average Bonchev–Trinajstić information content (AvgIpc) is 2.24. The summed E-state index contributed by atoms with van der Waals surface area (Å²) < 4.78 is 0. The van der Waals surface area contributed by atoms with Gasteiger partial charge in [-0.05, 0) is 49.9 Å². The fraction of sp³-hybridized carbons (Fsp3) is 0.800. The Kier molecular flexibility index (Phi) is 2.98. The monoisotopic (exact) mass is 220 g/mol. The predicted molar refractivity (Wildman–Crippen MR) is 67.2 cm³/mol. The Balaban J connectivity index is 2.18. The second-order valence-corrected chi connectivity index (χ2v) is 6.33. The minimum atomic E-state index is 0.279. The first kappa shape index (κ1) is 11.9. The highest BCUT2D eigenvalue weighted by Gasteiger charge is 2.47. The van der Waals surface area contributed by atoms with Crippen LogP contribution in [-0.4, -0.2) is 5.78 Å². The Labute approximate surface area is 99.3 Å². The smallest absolute Gasteiger partial charge is 0.136 e. The van der Waals surface area contributed by atoms with Gasteiger partial charge in [-0.25, -0.2) is 0 Å². The first-order valence-electron chi connectivity index (χ1n) is 6.62. The SMILES string of the molecule is C=C(C)[C@H]1CC[C@@]2(C)CCC(=O)[C@@H](C)[C@@H]2C1. The van der Waals surface area contributed by atoms with E-state index in [1.807, 2.05) is 0 Å². The zero-order valence-corrected chi connectivity index (χ0v) is 10.9. The second kappa shape index (κ2) is 4.01. The van der Waals surface area contributed by atoms with E-state index in [0.29, 0.717) is 23.0 Å². The molecule has 2 aliphatic carbocycles. The zero-order chi connectivity index (χ0) is 11.9. The van der Waals surface area contributed by atoms with Crippen molar-refractivity contribution < 1.29 is 4.79 Å². The molecule has 2 saturated carbocycles. The van der Waals surface area contributed by atoms with Crippen LogP contribution < -0.4 is 0 Å². The Morgan fingerprint density at radius 3 is 2.75 bits per heavy atom. The van der Waals surface area contributed by atoms with E-state index < -0.39 is 0 Å². The molecule has 0 saturated heterocycles. The van der Waals surface area contributed by atoms with E-state index in [1.54, 1.807) is 0 Å². The third kappa shape index (κ3) is 1.85. The zero-order valence-electron chi connectivity index (χ0n) is 10.9. The Morgan fingerprint density at radius 2 is 2.12 bits per heavy atom. The van der Waals surface area contributed by atoms with Crippen molar-refractivity contribution in [1.82, 2.24) is 0 Å². The molecule has 0 spiro atoms. The summed E-state index contributed by atoms with van der Waals surface area (Å²) in [4.78, 5) is 11.8. The minimum Gasteiger partial charge on any atom is -0.299 e. The van der Waals surface area contributed by atoms with Gasteiger partial charge in [0.1, 0.15) is 5.78 Å². The molecule has 0 amide bonds. The van der Waals surface area contributed by atoms with E-state index in [4.69, 9.17) is 0 Å². The molecule has 0 aliphatic heterocycles. The first-order valence-corrected chi connectivity index (χ1v) is 6.62. The summed E-state index contributed by atoms with van der Waals surface area (Å²) in [5, 5.41) is 0. The van der Waals surface area contributed by atoms with Gasteiger partial charge in [-0.1, -0.05) is 26.0 Å². The lowest BCUT2D eigenvalue weighted by molar-refractivity contribution is -0.133. The molecule has 1 heteroatoms. The summed E-state index contributed by atoms with van der Waals surface area (Å²) in [5.41, 5.74) is 1.74. The number of fused-ring (bicyclic) bond motifs is 1. The molecule has 0 aromatic rings. The molecule has 0 N–H and O–H groups in total. The molecular weight excluding hydrogens is 196 g/mol. The lowest BCUT2D eigenvalue weighted by Gasteiger charge is -2.50. The summed E-state index contributed by atoms with van der Waals surface area (Å²) in [7, 11) is 0. The van der Waals surface area contributed by atoms with Crippen molar-refractivity contribution in [2.24, 2.45) is 23.2 Å². The normalized spacial score (nSPS) is 43.9. The molecular formula is C15H24O. The van der Waals surface area contributed by atoms with E-state index in [9.17, 15) is 4.79 Å². The van der Waals surface area contributed by atoms with Crippen LogP contribution in [0.3, 0.4) is 0 Å². The third-order valence-corrected chi connectivity index (χ3v) is 5.25. The van der Waals surface area contributed by atoms with Gasteiger partial charge < -0.3 is 0 Å². The number of allylic oxidation sites excluding steroid dienone is 1. The number of carbonyl (C=O) groups is 1. The van der Waals surface area contributed by atoms with Gasteiger partial charge in [-0.2, -0.15) is 0 Å². The highest BCUT2D eigenvalue weighted by atomic mass is 16.1. The predicted octanol–water partition coefficient (Wildman–Crippen LogP) is 3.98. The lowest BCUT2D eigenvalue weighted by atomic mass is 9.54. The van der Waals surface area contributed by atoms with Crippen LogP contribution in [0.25, 0.3) is 0 Å². The Hall–Kier alpha value is -0.590. The number of Topliss-reactive ketones (excluding diaryl/α,β-unsaturated/α-hetero) is 1. The molecule has 90 valence electrons. The molecule has 2 rings (SSSR count). The first-order chi connectivity index (χ1) is 7.44. The van der Waals surface area contributed by atoms with Crippen LogP contribution >= 0.6 is 0 Å². The van der Waals surface area contributed by atoms with Crippen LogP contribution in [0.5, 0.6) is 0 Å². The standard InChI is InChI=1S/C15H24O/c1-10(2)12-5-7-15(4)8-6-14(16)11(3)13(15)9-12/h11-13H,1,5-9H2,2-4H3/t11-,12-,13-,15-/m0/s1. The fourth-order valence-corrected chi connectivity index (χ4v) is 3.82. The van der Waals surface area contributed by atoms with Crippen LogP contribution in [0.4, 0.5) is 0 Å². The molecule has 0 aromatic carbocycles. The van der Waals surface area contributed by atoms with Gasteiger partial charge in [0.25, 0.3) is 0 Å². The van der Waals surface area contributed by atoms with Gasteiger partial charge >= 0.3 is 0 Å². The molecule has 16 heavy (non-hydrogen) atoms. The maximum atomic E-state index is 11.8. The second-order valence-electron chi connectivity index (χ2n) is 6.33. The maximum absolute atomic E-state index is 11.8. The molecule has 1 nitrogen and oxygen atoms in total. The van der Waals surface area contributed by atoms with Crippen LogP contribution in [0, 0.1) is 23.2 Å². The average molecular weight is 220 g/mol. The van der Waals surface area contributed by atoms with Crippen molar-refractivity contribution in [3.8, 4) is 0 Å². The van der Waals surface area contributed by atoms with Crippen molar-refractivity contribution in [2.45, 2.75) is 52.9 Å². The number of carbonyl (C=O) groups excluding carboxylic acids is 1. The van der Waals surface area contributed by atoms with E-state index in [0.717, 1.165) is 12.8 Å². The number of hydrogen-bond acceptors (Lipinski definition) is 1. The van der Waals surface area contributed by atoms with Gasteiger partial charge in [-0.15, -0.1) is 0 Å². The minimum absolute atomic E-state index is 0.279. The van der Waals surface area contributed by atoms with Crippen LogP contribution in [0.15, 0.2) is 12.2 Å². The summed E-state index contributed by atoms with van der Waals surface area (Å²) in [6.07, 6.45) is 5.68. The van der Waals surface area contributed by atoms with E-state index in [2.05, 4.69) is 27.4 Å². The van der Waals surface area contributed by atoms with Crippen molar-refractivity contribution in [1.29, 1.82) is 0 Å². The summed E-state index contributed by atoms with van der Waals surface area (Å²) in [6, 6.07) is 0. The fourth-order valence-electron chi connectivity index (χ4n) is 3.82.